The molecule has 98 valence electrons. The highest BCUT2D eigenvalue weighted by atomic mass is 32.2. The average Bonchev–Trinajstić information content (AvgIpc) is 2.15. The van der Waals surface area contributed by atoms with Crippen molar-refractivity contribution in [2.45, 2.75) is 50.5 Å². The number of aliphatic carboxylic acids is 1. The van der Waals surface area contributed by atoms with Crippen molar-refractivity contribution in [2.75, 3.05) is 5.75 Å². The van der Waals surface area contributed by atoms with E-state index in [0.717, 1.165) is 0 Å². The van der Waals surface area contributed by atoms with Crippen LogP contribution < -0.4 is 5.32 Å². The van der Waals surface area contributed by atoms with Crippen LogP contribution in [0, 0.1) is 0 Å². The molecule has 0 aromatic carbocycles. The Bertz CT molecular complexity index is 292. The molecule has 1 heterocycles. The third-order valence-electron chi connectivity index (χ3n) is 2.27. The number of carbonyl (C=O) groups is 2. The first-order chi connectivity index (χ1) is 7.78. The van der Waals surface area contributed by atoms with Gasteiger partial charge in [0.2, 0.25) is 0 Å². The molecule has 17 heavy (non-hydrogen) atoms. The standard InChI is InChI=1S/C11H19NO4S/c1-11(2,3)16-10(15)12-7-4-5-8(9(13)14)17-6-7/h7-8H,4-6H2,1-3H3,(H,12,15)(H,13,14)/t7-,8-/m1/s1. The number of carboxylic acid groups (broad SMARTS) is 1. The van der Waals surface area contributed by atoms with E-state index in [0.29, 0.717) is 18.6 Å². The second-order valence-corrected chi connectivity index (χ2v) is 6.32. The van der Waals surface area contributed by atoms with Crippen LogP contribution in [-0.4, -0.2) is 39.8 Å². The van der Waals surface area contributed by atoms with Crippen LogP contribution in [0.25, 0.3) is 0 Å². The van der Waals surface area contributed by atoms with Crippen molar-refractivity contribution >= 4 is 23.8 Å². The number of hydrogen-bond donors (Lipinski definition) is 2. The van der Waals surface area contributed by atoms with Gasteiger partial charge < -0.3 is 15.2 Å². The van der Waals surface area contributed by atoms with Crippen LogP contribution in [0.4, 0.5) is 4.79 Å². The second-order valence-electron chi connectivity index (χ2n) is 5.08. The summed E-state index contributed by atoms with van der Waals surface area (Å²) in [6.07, 6.45) is 0.834. The fraction of sp³-hybridized carbons (Fsp3) is 0.818. The molecule has 0 aromatic heterocycles. The maximum Gasteiger partial charge on any atom is 0.407 e. The molecule has 0 saturated carbocycles. The lowest BCUT2D eigenvalue weighted by Gasteiger charge is -2.28. The summed E-state index contributed by atoms with van der Waals surface area (Å²) >= 11 is 1.37. The molecule has 1 rings (SSSR count). The third-order valence-corrected chi connectivity index (χ3v) is 3.71. The van der Waals surface area contributed by atoms with Crippen LogP contribution in [0.3, 0.4) is 0 Å². The maximum atomic E-state index is 11.5. The number of hydrogen-bond acceptors (Lipinski definition) is 4. The summed E-state index contributed by atoms with van der Waals surface area (Å²) in [5, 5.41) is 11.2. The Labute approximate surface area is 105 Å². The molecule has 1 saturated heterocycles. The number of rotatable bonds is 2. The molecule has 2 atom stereocenters. The first-order valence-electron chi connectivity index (χ1n) is 5.62. The summed E-state index contributed by atoms with van der Waals surface area (Å²) in [6, 6.07) is 0.00505. The quantitative estimate of drug-likeness (QED) is 0.793. The van der Waals surface area contributed by atoms with Crippen LogP contribution in [0.15, 0.2) is 0 Å². The van der Waals surface area contributed by atoms with Crippen molar-refractivity contribution in [3.05, 3.63) is 0 Å². The minimum absolute atomic E-state index is 0.00505. The van der Waals surface area contributed by atoms with Crippen molar-refractivity contribution in [2.24, 2.45) is 0 Å². The zero-order chi connectivity index (χ0) is 13.1. The molecule has 0 bridgehead atoms. The Morgan fingerprint density at radius 3 is 2.41 bits per heavy atom. The molecular weight excluding hydrogens is 242 g/mol. The van der Waals surface area contributed by atoms with Crippen LogP contribution in [0.2, 0.25) is 0 Å². The number of alkyl carbamates (subject to hydrolysis) is 1. The largest absolute Gasteiger partial charge is 0.480 e. The Morgan fingerprint density at radius 1 is 1.35 bits per heavy atom. The van der Waals surface area contributed by atoms with Crippen LogP contribution >= 0.6 is 11.8 Å². The summed E-state index contributed by atoms with van der Waals surface area (Å²) < 4.78 is 5.14. The zero-order valence-corrected chi connectivity index (χ0v) is 11.2. The molecule has 1 fully saturated rings. The van der Waals surface area contributed by atoms with Gasteiger partial charge in [-0.3, -0.25) is 4.79 Å². The van der Waals surface area contributed by atoms with Crippen molar-refractivity contribution < 1.29 is 19.4 Å². The molecule has 1 amide bonds. The van der Waals surface area contributed by atoms with Gasteiger partial charge in [-0.05, 0) is 33.6 Å². The SMILES string of the molecule is CC(C)(C)OC(=O)N[C@@H]1CC[C@H](C(=O)O)SC1. The highest BCUT2D eigenvalue weighted by molar-refractivity contribution is 8.00. The average molecular weight is 261 g/mol. The monoisotopic (exact) mass is 261 g/mol. The fourth-order valence-corrected chi connectivity index (χ4v) is 2.69. The van der Waals surface area contributed by atoms with Gasteiger partial charge in [-0.1, -0.05) is 0 Å². The predicted molar refractivity (Wildman–Crippen MR) is 66.3 cm³/mol. The van der Waals surface area contributed by atoms with E-state index in [1.807, 2.05) is 20.8 Å². The van der Waals surface area contributed by atoms with Gasteiger partial charge in [0.15, 0.2) is 0 Å². The van der Waals surface area contributed by atoms with E-state index in [9.17, 15) is 9.59 Å². The summed E-state index contributed by atoms with van der Waals surface area (Å²) in [5.41, 5.74) is -0.504. The maximum absolute atomic E-state index is 11.5. The van der Waals surface area contributed by atoms with E-state index in [-0.39, 0.29) is 11.3 Å². The van der Waals surface area contributed by atoms with Crippen molar-refractivity contribution in [3.63, 3.8) is 0 Å². The van der Waals surface area contributed by atoms with Gasteiger partial charge in [-0.25, -0.2) is 4.79 Å². The van der Waals surface area contributed by atoms with Gasteiger partial charge in [0.25, 0.3) is 0 Å². The van der Waals surface area contributed by atoms with E-state index in [1.165, 1.54) is 11.8 Å². The number of nitrogens with one attached hydrogen (secondary N) is 1. The Balaban J connectivity index is 2.31. The highest BCUT2D eigenvalue weighted by Crippen LogP contribution is 2.25. The van der Waals surface area contributed by atoms with Gasteiger partial charge in [-0.2, -0.15) is 0 Å². The van der Waals surface area contributed by atoms with Crippen LogP contribution in [0.5, 0.6) is 0 Å². The van der Waals surface area contributed by atoms with Crippen molar-refractivity contribution in [1.82, 2.24) is 5.32 Å². The van der Waals surface area contributed by atoms with Gasteiger partial charge in [-0.15, -0.1) is 11.8 Å². The summed E-state index contributed by atoms with van der Waals surface area (Å²) in [7, 11) is 0. The summed E-state index contributed by atoms with van der Waals surface area (Å²) in [5.74, 6) is -0.151. The zero-order valence-electron chi connectivity index (χ0n) is 10.4. The number of carboxylic acids is 1. The Morgan fingerprint density at radius 2 is 2.00 bits per heavy atom. The smallest absolute Gasteiger partial charge is 0.407 e. The molecule has 0 radical (unpaired) electrons. The lowest BCUT2D eigenvalue weighted by Crippen LogP contribution is -2.43. The molecule has 6 heteroatoms. The summed E-state index contributed by atoms with van der Waals surface area (Å²) in [4.78, 5) is 22.2. The van der Waals surface area contributed by atoms with E-state index in [1.54, 1.807) is 0 Å². The van der Waals surface area contributed by atoms with Gasteiger partial charge in [0.1, 0.15) is 10.9 Å². The number of amides is 1. The number of thioether (sulfide) groups is 1. The molecule has 1 aliphatic heterocycles. The number of carbonyl (C=O) groups excluding carboxylic acids is 1. The third kappa shape index (κ3) is 5.30. The van der Waals surface area contributed by atoms with Crippen molar-refractivity contribution in [3.8, 4) is 0 Å². The Kier molecular flexibility index (Phi) is 4.68. The van der Waals surface area contributed by atoms with E-state index >= 15 is 0 Å². The predicted octanol–water partition coefficient (Wildman–Crippen LogP) is 1.86. The first kappa shape index (κ1) is 14.2. The van der Waals surface area contributed by atoms with Crippen molar-refractivity contribution in [1.29, 1.82) is 0 Å². The normalized spacial score (nSPS) is 25.1. The van der Waals surface area contributed by atoms with Gasteiger partial charge in [0.05, 0.1) is 0 Å². The Hall–Kier alpha value is -0.910. The fourth-order valence-electron chi connectivity index (χ4n) is 1.53. The van der Waals surface area contributed by atoms with E-state index in [2.05, 4.69) is 5.32 Å². The van der Waals surface area contributed by atoms with E-state index in [4.69, 9.17) is 9.84 Å². The van der Waals surface area contributed by atoms with Gasteiger partial charge >= 0.3 is 12.1 Å². The molecule has 0 unspecified atom stereocenters. The minimum atomic E-state index is -0.772. The first-order valence-corrected chi connectivity index (χ1v) is 6.67. The van der Waals surface area contributed by atoms with E-state index < -0.39 is 17.7 Å². The molecular formula is C11H19NO4S. The summed E-state index contributed by atoms with van der Waals surface area (Å²) in [6.45, 7) is 5.42. The molecule has 0 aliphatic carbocycles. The second kappa shape index (κ2) is 5.62. The molecule has 0 spiro atoms. The van der Waals surface area contributed by atoms with Crippen LogP contribution in [-0.2, 0) is 9.53 Å². The van der Waals surface area contributed by atoms with Crippen LogP contribution in [0.1, 0.15) is 33.6 Å². The molecule has 0 aromatic rings. The van der Waals surface area contributed by atoms with Gasteiger partial charge in [0, 0.05) is 11.8 Å². The topological polar surface area (TPSA) is 75.6 Å². The minimum Gasteiger partial charge on any atom is -0.480 e. The number of ether oxygens (including phenoxy) is 1. The molecule has 5 nitrogen and oxygen atoms in total. The molecule has 1 aliphatic rings. The lowest BCUT2D eigenvalue weighted by molar-refractivity contribution is -0.136. The highest BCUT2D eigenvalue weighted by Gasteiger charge is 2.28. The molecule has 2 N–H and O–H groups in total. The lowest BCUT2D eigenvalue weighted by atomic mass is 10.1.